The van der Waals surface area contributed by atoms with Crippen LogP contribution in [0.1, 0.15) is 5.69 Å². The van der Waals surface area contributed by atoms with E-state index in [1.807, 2.05) is 50.2 Å². The first-order valence-electron chi connectivity index (χ1n) is 5.25. The van der Waals surface area contributed by atoms with Crippen LogP contribution in [0.25, 0.3) is 11.3 Å². The maximum Gasteiger partial charge on any atom is 0.128 e. The minimum atomic E-state index is 0.970. The Morgan fingerprint density at radius 1 is 1.06 bits per heavy atom. The molecule has 0 unspecified atom stereocenters. The fraction of sp³-hybridized carbons (Fsp3) is 0.231. The Bertz CT molecular complexity index is 478. The third kappa shape index (κ3) is 2.03. The molecule has 0 aliphatic rings. The highest BCUT2D eigenvalue weighted by atomic mass is 15.1. The zero-order valence-electron chi connectivity index (χ0n) is 9.81. The van der Waals surface area contributed by atoms with E-state index < -0.39 is 0 Å². The fourth-order valence-electron chi connectivity index (χ4n) is 1.59. The van der Waals surface area contributed by atoms with Crippen molar-refractivity contribution in [3.05, 3.63) is 42.2 Å². The van der Waals surface area contributed by atoms with Crippen LogP contribution in [-0.4, -0.2) is 24.1 Å². The van der Waals surface area contributed by atoms with Gasteiger partial charge in [-0.05, 0) is 31.2 Å². The second-order valence-electron chi connectivity index (χ2n) is 3.91. The number of nitrogens with zero attached hydrogens (tertiary/aromatic N) is 3. The number of hydrogen-bond acceptors (Lipinski definition) is 3. The van der Waals surface area contributed by atoms with Crippen LogP contribution >= 0.6 is 0 Å². The van der Waals surface area contributed by atoms with Crippen LogP contribution in [-0.2, 0) is 0 Å². The van der Waals surface area contributed by atoms with Crippen LogP contribution in [0, 0.1) is 6.92 Å². The molecule has 0 saturated heterocycles. The Hall–Kier alpha value is -1.90. The third-order valence-corrected chi connectivity index (χ3v) is 2.47. The van der Waals surface area contributed by atoms with Gasteiger partial charge >= 0.3 is 0 Å². The van der Waals surface area contributed by atoms with Crippen molar-refractivity contribution in [2.75, 3.05) is 19.0 Å². The molecule has 2 aromatic heterocycles. The van der Waals surface area contributed by atoms with E-state index in [-0.39, 0.29) is 0 Å². The van der Waals surface area contributed by atoms with Crippen molar-refractivity contribution in [3.8, 4) is 11.3 Å². The molecule has 2 rings (SSSR count). The lowest BCUT2D eigenvalue weighted by molar-refractivity contribution is 1.04. The predicted molar refractivity (Wildman–Crippen MR) is 66.5 cm³/mol. The molecule has 3 heteroatoms. The molecule has 0 spiro atoms. The molecule has 0 bridgehead atoms. The Morgan fingerprint density at radius 2 is 1.88 bits per heavy atom. The lowest BCUT2D eigenvalue weighted by Gasteiger charge is -2.13. The number of anilines is 1. The van der Waals surface area contributed by atoms with Gasteiger partial charge in [0.25, 0.3) is 0 Å². The van der Waals surface area contributed by atoms with E-state index in [1.54, 1.807) is 6.20 Å². The quantitative estimate of drug-likeness (QED) is 0.767. The summed E-state index contributed by atoms with van der Waals surface area (Å²) in [6, 6.07) is 9.98. The predicted octanol–water partition coefficient (Wildman–Crippen LogP) is 2.52. The summed E-state index contributed by atoms with van der Waals surface area (Å²) in [5.74, 6) is 0.970. The summed E-state index contributed by atoms with van der Waals surface area (Å²) in [4.78, 5) is 10.9. The minimum absolute atomic E-state index is 0.970. The maximum absolute atomic E-state index is 4.53. The number of aromatic nitrogens is 2. The van der Waals surface area contributed by atoms with Gasteiger partial charge in [0.1, 0.15) is 5.82 Å². The summed E-state index contributed by atoms with van der Waals surface area (Å²) in [6.45, 7) is 2.01. The van der Waals surface area contributed by atoms with Gasteiger partial charge < -0.3 is 4.90 Å². The Balaban J connectivity index is 2.45. The number of hydrogen-bond donors (Lipinski definition) is 0. The summed E-state index contributed by atoms with van der Waals surface area (Å²) in [5, 5.41) is 0. The summed E-state index contributed by atoms with van der Waals surface area (Å²) >= 11 is 0. The molecule has 2 aromatic rings. The molecule has 0 atom stereocenters. The van der Waals surface area contributed by atoms with E-state index >= 15 is 0 Å². The van der Waals surface area contributed by atoms with E-state index in [2.05, 4.69) is 16.0 Å². The van der Waals surface area contributed by atoms with Gasteiger partial charge in [-0.25, -0.2) is 4.98 Å². The van der Waals surface area contributed by atoms with Gasteiger partial charge in [-0.3, -0.25) is 4.98 Å². The molecule has 0 amide bonds. The number of pyridine rings is 2. The van der Waals surface area contributed by atoms with Gasteiger partial charge in [-0.1, -0.05) is 6.07 Å². The van der Waals surface area contributed by atoms with E-state index in [9.17, 15) is 0 Å². The lowest BCUT2D eigenvalue weighted by Crippen LogP contribution is -2.11. The highest BCUT2D eigenvalue weighted by Crippen LogP contribution is 2.21. The lowest BCUT2D eigenvalue weighted by atomic mass is 10.1. The van der Waals surface area contributed by atoms with Crippen molar-refractivity contribution >= 4 is 5.82 Å². The van der Waals surface area contributed by atoms with Crippen molar-refractivity contribution in [2.45, 2.75) is 6.92 Å². The SMILES string of the molecule is Cc1nc(N(C)C)ccc1-c1ccccn1. The molecule has 0 aromatic carbocycles. The van der Waals surface area contributed by atoms with Crippen LogP contribution in [0.5, 0.6) is 0 Å². The first kappa shape index (κ1) is 10.6. The van der Waals surface area contributed by atoms with Crippen LogP contribution in [0.2, 0.25) is 0 Å². The average Bonchev–Trinajstić information content (AvgIpc) is 2.30. The molecule has 3 nitrogen and oxygen atoms in total. The molecule has 0 radical (unpaired) electrons. The number of rotatable bonds is 2. The summed E-state index contributed by atoms with van der Waals surface area (Å²) < 4.78 is 0. The van der Waals surface area contributed by atoms with Gasteiger partial charge in [-0.2, -0.15) is 0 Å². The fourth-order valence-corrected chi connectivity index (χ4v) is 1.59. The largest absolute Gasteiger partial charge is 0.363 e. The second kappa shape index (κ2) is 4.31. The second-order valence-corrected chi connectivity index (χ2v) is 3.91. The van der Waals surface area contributed by atoms with Crippen molar-refractivity contribution in [1.82, 2.24) is 9.97 Å². The van der Waals surface area contributed by atoms with Crippen molar-refractivity contribution in [1.29, 1.82) is 0 Å². The standard InChI is InChI=1S/C13H15N3/c1-10-11(12-6-4-5-9-14-12)7-8-13(15-10)16(2)3/h4-9H,1-3H3. The summed E-state index contributed by atoms with van der Waals surface area (Å²) in [6.07, 6.45) is 1.80. The van der Waals surface area contributed by atoms with Gasteiger partial charge in [0, 0.05) is 31.5 Å². The van der Waals surface area contributed by atoms with Gasteiger partial charge in [0.2, 0.25) is 0 Å². The third-order valence-electron chi connectivity index (χ3n) is 2.47. The maximum atomic E-state index is 4.53. The molecule has 0 fully saturated rings. The van der Waals surface area contributed by atoms with E-state index in [0.29, 0.717) is 0 Å². The molecule has 16 heavy (non-hydrogen) atoms. The van der Waals surface area contributed by atoms with Crippen LogP contribution in [0.4, 0.5) is 5.82 Å². The molecule has 0 N–H and O–H groups in total. The zero-order valence-corrected chi connectivity index (χ0v) is 9.81. The Morgan fingerprint density at radius 3 is 2.44 bits per heavy atom. The minimum Gasteiger partial charge on any atom is -0.363 e. The smallest absolute Gasteiger partial charge is 0.128 e. The first-order chi connectivity index (χ1) is 7.68. The van der Waals surface area contributed by atoms with Gasteiger partial charge in [0.05, 0.1) is 5.69 Å². The highest BCUT2D eigenvalue weighted by molar-refractivity contribution is 5.63. The molecular formula is C13H15N3. The number of aryl methyl sites for hydroxylation is 1. The van der Waals surface area contributed by atoms with Gasteiger partial charge in [-0.15, -0.1) is 0 Å². The topological polar surface area (TPSA) is 29.0 Å². The molecule has 82 valence electrons. The van der Waals surface area contributed by atoms with E-state index in [1.165, 1.54) is 0 Å². The molecule has 0 aliphatic carbocycles. The molecule has 0 saturated carbocycles. The normalized spacial score (nSPS) is 10.2. The Kier molecular flexibility index (Phi) is 2.86. The van der Waals surface area contributed by atoms with E-state index in [0.717, 1.165) is 22.8 Å². The summed E-state index contributed by atoms with van der Waals surface area (Å²) in [5.41, 5.74) is 3.06. The Labute approximate surface area is 95.8 Å². The van der Waals surface area contributed by atoms with Crippen LogP contribution in [0.3, 0.4) is 0 Å². The van der Waals surface area contributed by atoms with Crippen LogP contribution in [0.15, 0.2) is 36.5 Å². The monoisotopic (exact) mass is 213 g/mol. The highest BCUT2D eigenvalue weighted by Gasteiger charge is 2.05. The van der Waals surface area contributed by atoms with Crippen LogP contribution < -0.4 is 4.90 Å². The molecule has 2 heterocycles. The van der Waals surface area contributed by atoms with Gasteiger partial charge in [0.15, 0.2) is 0 Å². The molecule has 0 aliphatic heterocycles. The van der Waals surface area contributed by atoms with Crippen molar-refractivity contribution in [3.63, 3.8) is 0 Å². The zero-order chi connectivity index (χ0) is 11.5. The van der Waals surface area contributed by atoms with Crippen molar-refractivity contribution < 1.29 is 0 Å². The first-order valence-corrected chi connectivity index (χ1v) is 5.25. The molecular weight excluding hydrogens is 198 g/mol. The summed E-state index contributed by atoms with van der Waals surface area (Å²) in [7, 11) is 3.98. The van der Waals surface area contributed by atoms with Crippen molar-refractivity contribution in [2.24, 2.45) is 0 Å². The average molecular weight is 213 g/mol. The van der Waals surface area contributed by atoms with E-state index in [4.69, 9.17) is 0 Å².